The Morgan fingerprint density at radius 3 is 2.67 bits per heavy atom. The summed E-state index contributed by atoms with van der Waals surface area (Å²) in [5.41, 5.74) is 1.57. The first kappa shape index (κ1) is 20.3. The molecule has 0 spiro atoms. The zero-order valence-corrected chi connectivity index (χ0v) is 17.4. The lowest BCUT2D eigenvalue weighted by atomic mass is 9.98. The predicted octanol–water partition coefficient (Wildman–Crippen LogP) is 3.66. The van der Waals surface area contributed by atoms with Gasteiger partial charge in [0, 0.05) is 18.7 Å². The number of hydrogen-bond acceptors (Lipinski definition) is 6. The Bertz CT molecular complexity index is 1220. The Balaban J connectivity index is 1.99. The molecule has 7 nitrogen and oxygen atoms in total. The van der Waals surface area contributed by atoms with Crippen molar-refractivity contribution in [1.82, 2.24) is 4.90 Å². The Morgan fingerprint density at radius 1 is 1.20 bits per heavy atom. The van der Waals surface area contributed by atoms with Crippen molar-refractivity contribution in [3.8, 4) is 11.5 Å². The largest absolute Gasteiger partial charge is 0.504 e. The molecule has 1 aromatic heterocycles. The summed E-state index contributed by atoms with van der Waals surface area (Å²) < 4.78 is 16.3. The monoisotopic (exact) mass is 429 g/mol. The van der Waals surface area contributed by atoms with E-state index in [0.29, 0.717) is 21.6 Å². The van der Waals surface area contributed by atoms with Gasteiger partial charge in [-0.2, -0.15) is 0 Å². The molecule has 4 rings (SSSR count). The molecule has 30 heavy (non-hydrogen) atoms. The molecule has 0 saturated heterocycles. The molecular weight excluding hydrogens is 410 g/mol. The van der Waals surface area contributed by atoms with E-state index in [0.717, 1.165) is 5.56 Å². The number of rotatable bonds is 5. The van der Waals surface area contributed by atoms with Gasteiger partial charge >= 0.3 is 0 Å². The first-order valence-corrected chi connectivity index (χ1v) is 9.68. The van der Waals surface area contributed by atoms with E-state index in [4.69, 9.17) is 25.5 Å². The van der Waals surface area contributed by atoms with Crippen LogP contribution < -0.4 is 10.2 Å². The van der Waals surface area contributed by atoms with Gasteiger partial charge in [0.2, 0.25) is 5.76 Å². The van der Waals surface area contributed by atoms with Crippen LogP contribution in [0.3, 0.4) is 0 Å². The van der Waals surface area contributed by atoms with Crippen LogP contribution in [-0.2, 0) is 4.74 Å². The Morgan fingerprint density at radius 2 is 1.97 bits per heavy atom. The van der Waals surface area contributed by atoms with Crippen molar-refractivity contribution in [2.24, 2.45) is 0 Å². The fourth-order valence-electron chi connectivity index (χ4n) is 3.77. The second kappa shape index (κ2) is 7.66. The molecule has 0 fully saturated rings. The number of halogens is 1. The van der Waals surface area contributed by atoms with Crippen LogP contribution in [0, 0.1) is 6.92 Å². The molecule has 0 aliphatic carbocycles. The van der Waals surface area contributed by atoms with E-state index in [1.165, 1.54) is 25.2 Å². The standard InChI is InChI=1S/C22H20ClNO6/c1-11-8-16-13(10-14(11)23)20(26)18-19(12-4-5-15(25)17(9-12)29-3)24(6-7-28-2)22(27)21(18)30-16/h4-5,8-10,19,25H,6-7H2,1-3H3. The molecular formula is C22H20ClNO6. The zero-order valence-electron chi connectivity index (χ0n) is 16.7. The van der Waals surface area contributed by atoms with Crippen molar-refractivity contribution < 1.29 is 23.8 Å². The second-order valence-electron chi connectivity index (χ2n) is 7.10. The number of amides is 1. The first-order valence-electron chi connectivity index (χ1n) is 9.31. The summed E-state index contributed by atoms with van der Waals surface area (Å²) in [5.74, 6) is -0.195. The third kappa shape index (κ3) is 3.11. The fourth-order valence-corrected chi connectivity index (χ4v) is 3.94. The van der Waals surface area contributed by atoms with Gasteiger partial charge in [-0.15, -0.1) is 0 Å². The van der Waals surface area contributed by atoms with Crippen LogP contribution in [0.2, 0.25) is 5.02 Å². The smallest absolute Gasteiger partial charge is 0.290 e. The zero-order chi connectivity index (χ0) is 21.6. The summed E-state index contributed by atoms with van der Waals surface area (Å²) in [7, 11) is 2.97. The number of hydrogen-bond donors (Lipinski definition) is 1. The van der Waals surface area contributed by atoms with Gasteiger partial charge in [0.25, 0.3) is 5.91 Å². The number of methoxy groups -OCH3 is 2. The summed E-state index contributed by atoms with van der Waals surface area (Å²) in [6.07, 6.45) is 0. The highest BCUT2D eigenvalue weighted by atomic mass is 35.5. The molecule has 2 aromatic carbocycles. The van der Waals surface area contributed by atoms with Crippen molar-refractivity contribution in [1.29, 1.82) is 0 Å². The maximum absolute atomic E-state index is 13.4. The first-order chi connectivity index (χ1) is 14.4. The number of carbonyl (C=O) groups excluding carboxylic acids is 1. The van der Waals surface area contributed by atoms with Crippen LogP contribution in [0.25, 0.3) is 11.0 Å². The van der Waals surface area contributed by atoms with Crippen molar-refractivity contribution in [2.75, 3.05) is 27.4 Å². The van der Waals surface area contributed by atoms with Gasteiger partial charge < -0.3 is 23.9 Å². The lowest BCUT2D eigenvalue weighted by Gasteiger charge is -2.25. The van der Waals surface area contributed by atoms with Crippen molar-refractivity contribution in [2.45, 2.75) is 13.0 Å². The van der Waals surface area contributed by atoms with Crippen LogP contribution in [0.15, 0.2) is 39.5 Å². The average Bonchev–Trinajstić information content (AvgIpc) is 3.00. The Hall–Kier alpha value is -3.03. The minimum Gasteiger partial charge on any atom is -0.504 e. The van der Waals surface area contributed by atoms with Gasteiger partial charge in [0.15, 0.2) is 16.9 Å². The van der Waals surface area contributed by atoms with Gasteiger partial charge in [-0.3, -0.25) is 9.59 Å². The average molecular weight is 430 g/mol. The molecule has 1 amide bonds. The van der Waals surface area contributed by atoms with Crippen LogP contribution in [0.5, 0.6) is 11.5 Å². The quantitative estimate of drug-likeness (QED) is 0.665. The number of benzene rings is 2. The number of phenols is 1. The molecule has 1 aliphatic heterocycles. The van der Waals surface area contributed by atoms with Gasteiger partial charge in [-0.05, 0) is 42.3 Å². The third-order valence-corrected chi connectivity index (χ3v) is 5.71. The van der Waals surface area contributed by atoms with E-state index in [1.807, 2.05) is 0 Å². The SMILES string of the molecule is COCCN1C(=O)c2oc3cc(C)c(Cl)cc3c(=O)c2C1c1ccc(O)c(OC)c1. The van der Waals surface area contributed by atoms with E-state index in [9.17, 15) is 14.7 Å². The number of ether oxygens (including phenoxy) is 2. The van der Waals surface area contributed by atoms with Crippen LogP contribution in [0.1, 0.15) is 33.3 Å². The highest BCUT2D eigenvalue weighted by molar-refractivity contribution is 6.32. The minimum absolute atomic E-state index is 0.00219. The molecule has 1 unspecified atom stereocenters. The Kier molecular flexibility index (Phi) is 5.17. The fraction of sp³-hybridized carbons (Fsp3) is 0.273. The third-order valence-electron chi connectivity index (χ3n) is 5.30. The highest BCUT2D eigenvalue weighted by Crippen LogP contribution is 2.40. The summed E-state index contributed by atoms with van der Waals surface area (Å²) in [5, 5.41) is 10.7. The molecule has 8 heteroatoms. The second-order valence-corrected chi connectivity index (χ2v) is 7.50. The number of carbonyl (C=O) groups is 1. The molecule has 1 aliphatic rings. The summed E-state index contributed by atoms with van der Waals surface area (Å²) in [6.45, 7) is 2.33. The van der Waals surface area contributed by atoms with E-state index in [1.54, 1.807) is 31.2 Å². The molecule has 0 bridgehead atoms. The molecule has 3 aromatic rings. The van der Waals surface area contributed by atoms with Gasteiger partial charge in [-0.1, -0.05) is 17.7 Å². The minimum atomic E-state index is -0.710. The summed E-state index contributed by atoms with van der Waals surface area (Å²) in [4.78, 5) is 28.2. The number of aryl methyl sites for hydroxylation is 1. The lowest BCUT2D eigenvalue weighted by molar-refractivity contribution is 0.0663. The van der Waals surface area contributed by atoms with Gasteiger partial charge in [0.1, 0.15) is 5.58 Å². The van der Waals surface area contributed by atoms with Gasteiger partial charge in [-0.25, -0.2) is 0 Å². The van der Waals surface area contributed by atoms with Crippen LogP contribution >= 0.6 is 11.6 Å². The lowest BCUT2D eigenvalue weighted by Crippen LogP contribution is -2.32. The van der Waals surface area contributed by atoms with Crippen molar-refractivity contribution in [3.05, 3.63) is 68.0 Å². The predicted molar refractivity (Wildman–Crippen MR) is 112 cm³/mol. The maximum Gasteiger partial charge on any atom is 0.290 e. The molecule has 0 radical (unpaired) electrons. The normalized spacial score (nSPS) is 15.7. The number of phenolic OH excluding ortho intramolecular Hbond substituents is 1. The molecule has 1 N–H and O–H groups in total. The molecule has 0 saturated carbocycles. The van der Waals surface area contributed by atoms with E-state index in [2.05, 4.69) is 0 Å². The van der Waals surface area contributed by atoms with E-state index < -0.39 is 11.9 Å². The van der Waals surface area contributed by atoms with E-state index in [-0.39, 0.29) is 41.4 Å². The molecule has 2 heterocycles. The van der Waals surface area contributed by atoms with Crippen molar-refractivity contribution in [3.63, 3.8) is 0 Å². The molecule has 1 atom stereocenters. The summed E-state index contributed by atoms with van der Waals surface area (Å²) in [6, 6.07) is 7.23. The van der Waals surface area contributed by atoms with E-state index >= 15 is 0 Å². The Labute approximate surface area is 177 Å². The number of nitrogens with zero attached hydrogens (tertiary/aromatic N) is 1. The van der Waals surface area contributed by atoms with Crippen LogP contribution in [0.4, 0.5) is 0 Å². The van der Waals surface area contributed by atoms with Crippen LogP contribution in [-0.4, -0.2) is 43.3 Å². The highest BCUT2D eigenvalue weighted by Gasteiger charge is 2.42. The summed E-state index contributed by atoms with van der Waals surface area (Å²) >= 11 is 6.23. The van der Waals surface area contributed by atoms with Gasteiger partial charge in [0.05, 0.1) is 30.7 Å². The number of fused-ring (bicyclic) bond motifs is 2. The maximum atomic E-state index is 13.4. The number of aromatic hydroxyl groups is 1. The topological polar surface area (TPSA) is 89.2 Å². The molecule has 156 valence electrons. The van der Waals surface area contributed by atoms with Crippen molar-refractivity contribution >= 4 is 28.5 Å².